The Kier molecular flexibility index (Phi) is 4.36. The highest BCUT2D eigenvalue weighted by Crippen LogP contribution is 2.33. The predicted molar refractivity (Wildman–Crippen MR) is 59.3 cm³/mol. The summed E-state index contributed by atoms with van der Waals surface area (Å²) in [5.41, 5.74) is 4.88. The van der Waals surface area contributed by atoms with Crippen LogP contribution in [-0.2, 0) is 12.7 Å². The lowest BCUT2D eigenvalue weighted by atomic mass is 10.1. The fraction of sp³-hybridized carbons (Fsp3) is 0.455. The van der Waals surface area contributed by atoms with E-state index >= 15 is 0 Å². The van der Waals surface area contributed by atoms with Crippen molar-refractivity contribution in [1.82, 2.24) is 4.90 Å². The average Bonchev–Trinajstić information content (AvgIpc) is 2.19. The summed E-state index contributed by atoms with van der Waals surface area (Å²) in [7, 11) is 1.65. The Morgan fingerprint density at radius 2 is 2.00 bits per heavy atom. The van der Waals surface area contributed by atoms with Gasteiger partial charge in [-0.3, -0.25) is 4.90 Å². The lowest BCUT2D eigenvalue weighted by Gasteiger charge is -2.19. The quantitative estimate of drug-likeness (QED) is 0.797. The molecule has 6 heteroatoms. The number of likely N-dealkylation sites (N-methyl/N-ethyl adjacent to an activating group) is 1. The highest BCUT2D eigenvalue weighted by molar-refractivity contribution is 5.46. The van der Waals surface area contributed by atoms with Crippen LogP contribution in [0.25, 0.3) is 0 Å². The van der Waals surface area contributed by atoms with E-state index in [-0.39, 0.29) is 24.4 Å². The Morgan fingerprint density at radius 1 is 1.35 bits per heavy atom. The highest BCUT2D eigenvalue weighted by Gasteiger charge is 2.33. The average molecular weight is 248 g/mol. The van der Waals surface area contributed by atoms with Crippen molar-refractivity contribution in [3.8, 4) is 0 Å². The fourth-order valence-electron chi connectivity index (χ4n) is 1.54. The van der Waals surface area contributed by atoms with Gasteiger partial charge in [-0.15, -0.1) is 0 Å². The molecule has 0 aliphatic heterocycles. The molecular formula is C11H15F3N2O. The van der Waals surface area contributed by atoms with E-state index < -0.39 is 11.7 Å². The zero-order valence-corrected chi connectivity index (χ0v) is 9.46. The molecule has 17 heavy (non-hydrogen) atoms. The number of benzene rings is 1. The van der Waals surface area contributed by atoms with Crippen molar-refractivity contribution in [2.45, 2.75) is 12.7 Å². The Bertz CT molecular complexity index is 379. The maximum Gasteiger partial charge on any atom is 0.416 e. The maximum absolute atomic E-state index is 12.7. The SMILES string of the molecule is CN(CCO)Cc1ccc(N)cc1C(F)(F)F. The number of alkyl halides is 3. The van der Waals surface area contributed by atoms with E-state index in [1.54, 1.807) is 11.9 Å². The number of nitrogens with two attached hydrogens (primary N) is 1. The van der Waals surface area contributed by atoms with E-state index in [1.807, 2.05) is 0 Å². The van der Waals surface area contributed by atoms with Gasteiger partial charge in [0.25, 0.3) is 0 Å². The number of nitrogen functional groups attached to an aromatic ring is 1. The van der Waals surface area contributed by atoms with Crippen LogP contribution in [0.5, 0.6) is 0 Å². The van der Waals surface area contributed by atoms with Gasteiger partial charge in [0.05, 0.1) is 12.2 Å². The second-order valence-electron chi connectivity index (χ2n) is 3.88. The monoisotopic (exact) mass is 248 g/mol. The van der Waals surface area contributed by atoms with Gasteiger partial charge in [0, 0.05) is 18.8 Å². The van der Waals surface area contributed by atoms with Gasteiger partial charge in [-0.05, 0) is 24.7 Å². The first-order valence-corrected chi connectivity index (χ1v) is 5.09. The molecule has 3 N–H and O–H groups in total. The molecule has 0 atom stereocenters. The number of aliphatic hydroxyl groups excluding tert-OH is 1. The van der Waals surface area contributed by atoms with E-state index in [4.69, 9.17) is 10.8 Å². The van der Waals surface area contributed by atoms with E-state index in [0.717, 1.165) is 6.07 Å². The molecular weight excluding hydrogens is 233 g/mol. The number of halogens is 3. The molecule has 0 heterocycles. The second-order valence-corrected chi connectivity index (χ2v) is 3.88. The number of aliphatic hydroxyl groups is 1. The van der Waals surface area contributed by atoms with Crippen molar-refractivity contribution in [3.05, 3.63) is 29.3 Å². The van der Waals surface area contributed by atoms with E-state index in [0.29, 0.717) is 6.54 Å². The normalized spacial score (nSPS) is 12.1. The van der Waals surface area contributed by atoms with Gasteiger partial charge >= 0.3 is 6.18 Å². The standard InChI is InChI=1S/C11H15F3N2O/c1-16(4-5-17)7-8-2-3-9(15)6-10(8)11(12,13)14/h2-3,6,17H,4-5,7,15H2,1H3. The first-order valence-electron chi connectivity index (χ1n) is 5.09. The molecule has 0 amide bonds. The molecule has 1 rings (SSSR count). The first-order chi connectivity index (χ1) is 7.84. The molecule has 0 bridgehead atoms. The van der Waals surface area contributed by atoms with Crippen molar-refractivity contribution in [3.63, 3.8) is 0 Å². The third-order valence-electron chi connectivity index (χ3n) is 2.36. The summed E-state index contributed by atoms with van der Waals surface area (Å²) >= 11 is 0. The topological polar surface area (TPSA) is 49.5 Å². The fourth-order valence-corrected chi connectivity index (χ4v) is 1.54. The Labute approximate surface area is 97.6 Å². The Balaban J connectivity index is 2.99. The largest absolute Gasteiger partial charge is 0.416 e. The first kappa shape index (κ1) is 13.8. The minimum atomic E-state index is -4.41. The minimum absolute atomic E-state index is 0.0888. The van der Waals surface area contributed by atoms with Crippen LogP contribution >= 0.6 is 0 Å². The van der Waals surface area contributed by atoms with Crippen LogP contribution in [0.4, 0.5) is 18.9 Å². The minimum Gasteiger partial charge on any atom is -0.399 e. The molecule has 0 aromatic heterocycles. The van der Waals surface area contributed by atoms with Crippen LogP contribution in [0, 0.1) is 0 Å². The Morgan fingerprint density at radius 3 is 2.53 bits per heavy atom. The molecule has 0 saturated heterocycles. The molecule has 0 aliphatic rings. The number of anilines is 1. The molecule has 3 nitrogen and oxygen atoms in total. The van der Waals surface area contributed by atoms with Crippen LogP contribution in [-0.4, -0.2) is 30.2 Å². The number of hydrogen-bond acceptors (Lipinski definition) is 3. The molecule has 0 spiro atoms. The summed E-state index contributed by atoms with van der Waals surface area (Å²) in [5, 5.41) is 8.70. The van der Waals surface area contributed by atoms with Crippen molar-refractivity contribution in [1.29, 1.82) is 0 Å². The van der Waals surface area contributed by atoms with Crippen molar-refractivity contribution in [2.75, 3.05) is 25.9 Å². The predicted octanol–water partition coefficient (Wildman–Crippen LogP) is 1.71. The van der Waals surface area contributed by atoms with Crippen LogP contribution in [0.1, 0.15) is 11.1 Å². The third-order valence-corrected chi connectivity index (χ3v) is 2.36. The lowest BCUT2D eigenvalue weighted by molar-refractivity contribution is -0.138. The summed E-state index contributed by atoms with van der Waals surface area (Å²) in [4.78, 5) is 1.61. The van der Waals surface area contributed by atoms with Crippen molar-refractivity contribution < 1.29 is 18.3 Å². The third kappa shape index (κ3) is 3.90. The molecule has 1 aromatic carbocycles. The van der Waals surface area contributed by atoms with Gasteiger partial charge in [0.15, 0.2) is 0 Å². The maximum atomic E-state index is 12.7. The van der Waals surface area contributed by atoms with Crippen LogP contribution < -0.4 is 5.73 Å². The summed E-state index contributed by atoms with van der Waals surface area (Å²) in [6.45, 7) is 0.351. The van der Waals surface area contributed by atoms with Gasteiger partial charge in [0.2, 0.25) is 0 Å². The molecule has 0 unspecified atom stereocenters. The number of rotatable bonds is 4. The molecule has 96 valence electrons. The van der Waals surface area contributed by atoms with Gasteiger partial charge in [-0.2, -0.15) is 13.2 Å². The van der Waals surface area contributed by atoms with Crippen LogP contribution in [0.3, 0.4) is 0 Å². The van der Waals surface area contributed by atoms with Crippen molar-refractivity contribution >= 4 is 5.69 Å². The summed E-state index contributed by atoms with van der Waals surface area (Å²) < 4.78 is 38.2. The molecule has 1 aromatic rings. The summed E-state index contributed by atoms with van der Waals surface area (Å²) in [6.07, 6.45) is -4.41. The van der Waals surface area contributed by atoms with Crippen LogP contribution in [0.2, 0.25) is 0 Å². The van der Waals surface area contributed by atoms with Gasteiger partial charge in [0.1, 0.15) is 0 Å². The lowest BCUT2D eigenvalue weighted by Crippen LogP contribution is -2.23. The molecule has 0 radical (unpaired) electrons. The van der Waals surface area contributed by atoms with Crippen LogP contribution in [0.15, 0.2) is 18.2 Å². The zero-order valence-electron chi connectivity index (χ0n) is 9.46. The number of nitrogens with zero attached hydrogens (tertiary/aromatic N) is 1. The van der Waals surface area contributed by atoms with Gasteiger partial charge < -0.3 is 10.8 Å². The second kappa shape index (κ2) is 5.37. The molecule has 0 aliphatic carbocycles. The van der Waals surface area contributed by atoms with Crippen molar-refractivity contribution in [2.24, 2.45) is 0 Å². The van der Waals surface area contributed by atoms with Gasteiger partial charge in [-0.25, -0.2) is 0 Å². The summed E-state index contributed by atoms with van der Waals surface area (Å²) in [5.74, 6) is 0. The van der Waals surface area contributed by atoms with E-state index in [2.05, 4.69) is 0 Å². The van der Waals surface area contributed by atoms with Gasteiger partial charge in [-0.1, -0.05) is 6.07 Å². The van der Waals surface area contributed by atoms with E-state index in [9.17, 15) is 13.2 Å². The molecule has 0 fully saturated rings. The summed E-state index contributed by atoms with van der Waals surface area (Å²) in [6, 6.07) is 3.74. The van der Waals surface area contributed by atoms with E-state index in [1.165, 1.54) is 12.1 Å². The molecule has 0 saturated carbocycles. The highest BCUT2D eigenvalue weighted by atomic mass is 19.4. The zero-order chi connectivity index (χ0) is 13.1. The smallest absolute Gasteiger partial charge is 0.399 e. The Hall–Kier alpha value is -1.27. The number of hydrogen-bond donors (Lipinski definition) is 2.